The van der Waals surface area contributed by atoms with Gasteiger partial charge in [0, 0.05) is 31.8 Å². The summed E-state index contributed by atoms with van der Waals surface area (Å²) >= 11 is 6.40. The van der Waals surface area contributed by atoms with Gasteiger partial charge < -0.3 is 14.6 Å². The van der Waals surface area contributed by atoms with Crippen molar-refractivity contribution in [1.82, 2.24) is 9.88 Å². The molecule has 1 amide bonds. The SMILES string of the molecule is COCCn1cc(C(=O)NCC2CCC[C@@H](C)C2)c2c(Cl)cccc21. The summed E-state index contributed by atoms with van der Waals surface area (Å²) in [6.45, 7) is 4.34. The summed E-state index contributed by atoms with van der Waals surface area (Å²) in [6.07, 6.45) is 6.89. The molecule has 136 valence electrons. The Hall–Kier alpha value is -1.52. The summed E-state index contributed by atoms with van der Waals surface area (Å²) in [7, 11) is 1.68. The first-order valence-electron chi connectivity index (χ1n) is 9.14. The molecule has 0 bridgehead atoms. The highest BCUT2D eigenvalue weighted by atomic mass is 35.5. The number of methoxy groups -OCH3 is 1. The van der Waals surface area contributed by atoms with Crippen LogP contribution in [0.5, 0.6) is 0 Å². The van der Waals surface area contributed by atoms with Gasteiger partial charge in [-0.2, -0.15) is 0 Å². The van der Waals surface area contributed by atoms with Gasteiger partial charge in [-0.25, -0.2) is 0 Å². The molecule has 0 radical (unpaired) electrons. The Balaban J connectivity index is 1.78. The van der Waals surface area contributed by atoms with E-state index >= 15 is 0 Å². The molecule has 1 saturated carbocycles. The van der Waals surface area contributed by atoms with E-state index in [1.54, 1.807) is 7.11 Å². The van der Waals surface area contributed by atoms with Crippen LogP contribution in [0.1, 0.15) is 43.0 Å². The molecule has 1 fully saturated rings. The fourth-order valence-electron chi connectivity index (χ4n) is 3.93. The number of hydrogen-bond acceptors (Lipinski definition) is 2. The van der Waals surface area contributed by atoms with Crippen LogP contribution in [0.4, 0.5) is 0 Å². The maximum atomic E-state index is 12.8. The molecule has 1 aliphatic rings. The molecule has 2 atom stereocenters. The van der Waals surface area contributed by atoms with Crippen molar-refractivity contribution in [2.24, 2.45) is 11.8 Å². The Labute approximate surface area is 154 Å². The summed E-state index contributed by atoms with van der Waals surface area (Å²) in [5.41, 5.74) is 1.63. The molecule has 25 heavy (non-hydrogen) atoms. The zero-order chi connectivity index (χ0) is 17.8. The Bertz CT molecular complexity index is 741. The van der Waals surface area contributed by atoms with Gasteiger partial charge in [0.25, 0.3) is 5.91 Å². The van der Waals surface area contributed by atoms with Crippen LogP contribution in [0.25, 0.3) is 10.9 Å². The second kappa shape index (κ2) is 8.24. The Morgan fingerprint density at radius 3 is 3.00 bits per heavy atom. The summed E-state index contributed by atoms with van der Waals surface area (Å²) in [6, 6.07) is 5.75. The first-order valence-corrected chi connectivity index (χ1v) is 9.52. The lowest BCUT2D eigenvalue weighted by molar-refractivity contribution is 0.0942. The molecule has 1 aromatic heterocycles. The van der Waals surface area contributed by atoms with E-state index in [4.69, 9.17) is 16.3 Å². The van der Waals surface area contributed by atoms with E-state index in [1.807, 2.05) is 29.0 Å². The Morgan fingerprint density at radius 2 is 2.24 bits per heavy atom. The topological polar surface area (TPSA) is 43.3 Å². The number of rotatable bonds is 6. The van der Waals surface area contributed by atoms with Crippen LogP contribution in [0.3, 0.4) is 0 Å². The monoisotopic (exact) mass is 362 g/mol. The number of halogens is 1. The largest absolute Gasteiger partial charge is 0.383 e. The predicted octanol–water partition coefficient (Wildman–Crippen LogP) is 4.50. The maximum absolute atomic E-state index is 12.8. The summed E-state index contributed by atoms with van der Waals surface area (Å²) in [5, 5.41) is 4.58. The van der Waals surface area contributed by atoms with Gasteiger partial charge in [0.2, 0.25) is 0 Å². The average Bonchev–Trinajstić information content (AvgIpc) is 2.98. The summed E-state index contributed by atoms with van der Waals surface area (Å²) < 4.78 is 7.22. The molecular formula is C20H27ClN2O2. The van der Waals surface area contributed by atoms with Gasteiger partial charge in [0.1, 0.15) is 0 Å². The Morgan fingerprint density at radius 1 is 1.40 bits per heavy atom. The van der Waals surface area contributed by atoms with Gasteiger partial charge >= 0.3 is 0 Å². The van der Waals surface area contributed by atoms with E-state index in [0.717, 1.165) is 23.4 Å². The van der Waals surface area contributed by atoms with Crippen molar-refractivity contribution in [1.29, 1.82) is 0 Å². The standard InChI is InChI=1S/C20H27ClN2O2/c1-14-5-3-6-15(11-14)12-22-20(24)16-13-23(9-10-25-2)18-8-4-7-17(21)19(16)18/h4,7-8,13-15H,3,5-6,9-12H2,1-2H3,(H,22,24)/t14-,15?/m1/s1. The highest BCUT2D eigenvalue weighted by Gasteiger charge is 2.21. The Kier molecular flexibility index (Phi) is 6.02. The van der Waals surface area contributed by atoms with Crippen LogP contribution in [0.15, 0.2) is 24.4 Å². The van der Waals surface area contributed by atoms with Crippen molar-refractivity contribution < 1.29 is 9.53 Å². The lowest BCUT2D eigenvalue weighted by Gasteiger charge is -2.26. The minimum absolute atomic E-state index is 0.0347. The van der Waals surface area contributed by atoms with Gasteiger partial charge in [-0.05, 0) is 36.8 Å². The van der Waals surface area contributed by atoms with Crippen LogP contribution in [-0.2, 0) is 11.3 Å². The molecule has 0 spiro atoms. The molecule has 1 heterocycles. The fraction of sp³-hybridized carbons (Fsp3) is 0.550. The molecule has 1 unspecified atom stereocenters. The average molecular weight is 363 g/mol. The normalized spacial score (nSPS) is 20.8. The lowest BCUT2D eigenvalue weighted by Crippen LogP contribution is -2.31. The molecule has 0 saturated heterocycles. The molecule has 1 aliphatic carbocycles. The third-order valence-corrected chi connectivity index (χ3v) is 5.55. The molecule has 1 aromatic carbocycles. The third kappa shape index (κ3) is 4.18. The quantitative estimate of drug-likeness (QED) is 0.822. The smallest absolute Gasteiger partial charge is 0.253 e. The van der Waals surface area contributed by atoms with Crippen LogP contribution in [-0.4, -0.2) is 30.7 Å². The maximum Gasteiger partial charge on any atom is 0.253 e. The zero-order valence-electron chi connectivity index (χ0n) is 15.1. The lowest BCUT2D eigenvalue weighted by atomic mass is 9.82. The van der Waals surface area contributed by atoms with Gasteiger partial charge in [-0.15, -0.1) is 0 Å². The van der Waals surface area contributed by atoms with Crippen molar-refractivity contribution in [3.05, 3.63) is 35.0 Å². The van der Waals surface area contributed by atoms with Crippen LogP contribution < -0.4 is 5.32 Å². The van der Waals surface area contributed by atoms with Gasteiger partial charge in [0.15, 0.2) is 0 Å². The van der Waals surface area contributed by atoms with Crippen LogP contribution in [0, 0.1) is 11.8 Å². The van der Waals surface area contributed by atoms with Crippen molar-refractivity contribution in [2.75, 3.05) is 20.3 Å². The first-order chi connectivity index (χ1) is 12.1. The van der Waals surface area contributed by atoms with Gasteiger partial charge in [0.05, 0.1) is 22.7 Å². The number of hydrogen-bond donors (Lipinski definition) is 1. The van der Waals surface area contributed by atoms with Crippen LogP contribution in [0.2, 0.25) is 5.02 Å². The molecule has 0 aliphatic heterocycles. The number of ether oxygens (including phenoxy) is 1. The number of nitrogens with one attached hydrogen (secondary N) is 1. The summed E-state index contributed by atoms with van der Waals surface area (Å²) in [5.74, 6) is 1.32. The highest BCUT2D eigenvalue weighted by Crippen LogP contribution is 2.30. The predicted molar refractivity (Wildman–Crippen MR) is 102 cm³/mol. The second-order valence-corrected chi connectivity index (χ2v) is 7.62. The van der Waals surface area contributed by atoms with E-state index < -0.39 is 0 Å². The first kappa shape index (κ1) is 18.3. The molecule has 3 rings (SSSR count). The minimum Gasteiger partial charge on any atom is -0.383 e. The number of nitrogens with zero attached hydrogens (tertiary/aromatic N) is 1. The second-order valence-electron chi connectivity index (χ2n) is 7.21. The molecule has 2 aromatic rings. The fourth-order valence-corrected chi connectivity index (χ4v) is 4.20. The molecule has 4 nitrogen and oxygen atoms in total. The summed E-state index contributed by atoms with van der Waals surface area (Å²) in [4.78, 5) is 12.8. The van der Waals surface area contributed by atoms with Crippen molar-refractivity contribution in [2.45, 2.75) is 39.2 Å². The number of amides is 1. The van der Waals surface area contributed by atoms with Gasteiger partial charge in [-0.1, -0.05) is 37.4 Å². The van der Waals surface area contributed by atoms with E-state index in [9.17, 15) is 4.79 Å². The highest BCUT2D eigenvalue weighted by molar-refractivity contribution is 6.36. The van der Waals surface area contributed by atoms with Crippen molar-refractivity contribution in [3.63, 3.8) is 0 Å². The molecular weight excluding hydrogens is 336 g/mol. The van der Waals surface area contributed by atoms with Crippen molar-refractivity contribution >= 4 is 28.4 Å². The molecule has 1 N–H and O–H groups in total. The number of carbonyl (C=O) groups is 1. The molecule has 5 heteroatoms. The third-order valence-electron chi connectivity index (χ3n) is 5.23. The van der Waals surface area contributed by atoms with E-state index in [-0.39, 0.29) is 5.91 Å². The van der Waals surface area contributed by atoms with E-state index in [1.165, 1.54) is 25.7 Å². The number of benzene rings is 1. The number of fused-ring (bicyclic) bond motifs is 1. The minimum atomic E-state index is -0.0347. The van der Waals surface area contributed by atoms with E-state index in [2.05, 4.69) is 12.2 Å². The van der Waals surface area contributed by atoms with Crippen LogP contribution >= 0.6 is 11.6 Å². The van der Waals surface area contributed by atoms with Crippen molar-refractivity contribution in [3.8, 4) is 0 Å². The number of carbonyl (C=O) groups excluding carboxylic acids is 1. The van der Waals surface area contributed by atoms with Gasteiger partial charge in [-0.3, -0.25) is 4.79 Å². The number of aromatic nitrogens is 1. The van der Waals surface area contributed by atoms with E-state index in [0.29, 0.717) is 29.7 Å². The zero-order valence-corrected chi connectivity index (χ0v) is 15.8.